The summed E-state index contributed by atoms with van der Waals surface area (Å²) in [6, 6.07) is 0. The van der Waals surface area contributed by atoms with Crippen molar-refractivity contribution in [2.75, 3.05) is 35.4 Å². The fourth-order valence-electron chi connectivity index (χ4n) is 2.49. The molecule has 0 fully saturated rings. The van der Waals surface area contributed by atoms with E-state index in [0.29, 0.717) is 43.5 Å². The minimum Gasteiger partial charge on any atom is -0.466 e. The fourth-order valence-corrected chi connectivity index (χ4v) is 6.56. The van der Waals surface area contributed by atoms with Gasteiger partial charge in [-0.3, -0.25) is 19.2 Å². The van der Waals surface area contributed by atoms with Crippen LogP contribution in [-0.4, -0.2) is 68.6 Å². The summed E-state index contributed by atoms with van der Waals surface area (Å²) < 4.78 is 10.9. The lowest BCUT2D eigenvalue weighted by molar-refractivity contribution is -0.143. The van der Waals surface area contributed by atoms with Crippen LogP contribution in [0, 0.1) is 0 Å². The SMILES string of the molecule is CCOC(=O)Cc1csc(NC(=O)CSc2nnc(SCC(=O)Nc3nc(CC(=O)OCC)cs3)s2)n1. The average Bonchev–Trinajstić information content (AvgIpc) is 3.59. The van der Waals surface area contributed by atoms with Crippen molar-refractivity contribution in [2.24, 2.45) is 0 Å². The first kappa shape index (κ1) is 29.0. The molecule has 0 aliphatic rings. The van der Waals surface area contributed by atoms with Crippen LogP contribution in [0.15, 0.2) is 19.4 Å². The van der Waals surface area contributed by atoms with Crippen LogP contribution in [-0.2, 0) is 41.5 Å². The third kappa shape index (κ3) is 10.4. The highest BCUT2D eigenvalue weighted by Gasteiger charge is 2.14. The largest absolute Gasteiger partial charge is 0.466 e. The van der Waals surface area contributed by atoms with E-state index in [4.69, 9.17) is 9.47 Å². The van der Waals surface area contributed by atoms with Crippen LogP contribution in [0.25, 0.3) is 0 Å². The van der Waals surface area contributed by atoms with Gasteiger partial charge >= 0.3 is 11.9 Å². The molecule has 0 bridgehead atoms. The topological polar surface area (TPSA) is 162 Å². The van der Waals surface area contributed by atoms with Crippen molar-refractivity contribution in [3.05, 3.63) is 22.1 Å². The van der Waals surface area contributed by atoms with Crippen LogP contribution >= 0.6 is 57.5 Å². The Hall–Kier alpha value is -2.60. The highest BCUT2D eigenvalue weighted by molar-refractivity contribution is 8.03. The van der Waals surface area contributed by atoms with Gasteiger partial charge in [0.2, 0.25) is 11.8 Å². The lowest BCUT2D eigenvalue weighted by Gasteiger charge is -2.00. The molecule has 0 aliphatic heterocycles. The summed E-state index contributed by atoms with van der Waals surface area (Å²) in [7, 11) is 0. The van der Waals surface area contributed by atoms with Gasteiger partial charge in [0.15, 0.2) is 18.9 Å². The first-order valence-corrected chi connectivity index (χ1v) is 15.3. The van der Waals surface area contributed by atoms with E-state index in [1.807, 2.05) is 0 Å². The van der Waals surface area contributed by atoms with Gasteiger partial charge < -0.3 is 20.1 Å². The number of esters is 2. The van der Waals surface area contributed by atoms with Crippen LogP contribution in [0.4, 0.5) is 10.3 Å². The van der Waals surface area contributed by atoms with Crippen LogP contribution < -0.4 is 10.6 Å². The molecule has 0 spiro atoms. The Balaban J connectivity index is 1.36. The number of aromatic nitrogens is 4. The summed E-state index contributed by atoms with van der Waals surface area (Å²) >= 11 is 6.16. The van der Waals surface area contributed by atoms with Crippen molar-refractivity contribution in [2.45, 2.75) is 35.4 Å². The Morgan fingerprint density at radius 3 is 1.62 bits per heavy atom. The smallest absolute Gasteiger partial charge is 0.311 e. The molecule has 0 aliphatic carbocycles. The molecule has 3 rings (SSSR count). The molecule has 17 heteroatoms. The molecule has 0 aromatic carbocycles. The molecular formula is C20H22N6O6S5. The van der Waals surface area contributed by atoms with E-state index in [-0.39, 0.29) is 48.1 Å². The minimum absolute atomic E-state index is 0.0541. The standard InChI is InChI=1S/C20H22N6O6S5/c1-3-31-15(29)5-11-7-33-17(21-11)23-13(27)9-35-19-25-26-20(37-19)36-10-14(28)24-18-22-12(8-34-18)6-16(30)32-4-2/h7-8H,3-6,9-10H2,1-2H3,(H,21,23,27)(H,22,24,28). The molecule has 2 amide bonds. The zero-order valence-electron chi connectivity index (χ0n) is 19.7. The number of amides is 2. The molecule has 3 aromatic heterocycles. The van der Waals surface area contributed by atoms with Crippen LogP contribution in [0.5, 0.6) is 0 Å². The molecule has 3 aromatic rings. The van der Waals surface area contributed by atoms with E-state index >= 15 is 0 Å². The highest BCUT2D eigenvalue weighted by Crippen LogP contribution is 2.29. The number of nitrogens with one attached hydrogen (secondary N) is 2. The Bertz CT molecular complexity index is 1140. The van der Waals surface area contributed by atoms with Gasteiger partial charge in [-0.15, -0.1) is 32.9 Å². The predicted octanol–water partition coefficient (Wildman–Crippen LogP) is 3.12. The molecule has 198 valence electrons. The van der Waals surface area contributed by atoms with Gasteiger partial charge in [0.1, 0.15) is 0 Å². The Morgan fingerprint density at radius 2 is 1.22 bits per heavy atom. The molecule has 0 atom stereocenters. The summed E-state index contributed by atoms with van der Waals surface area (Å²) in [5.41, 5.74) is 1.07. The van der Waals surface area contributed by atoms with Gasteiger partial charge in [-0.25, -0.2) is 9.97 Å². The first-order chi connectivity index (χ1) is 17.8. The van der Waals surface area contributed by atoms with Gasteiger partial charge in [0.05, 0.1) is 48.9 Å². The zero-order chi connectivity index (χ0) is 26.6. The van der Waals surface area contributed by atoms with Crippen molar-refractivity contribution in [1.82, 2.24) is 20.2 Å². The predicted molar refractivity (Wildman–Crippen MR) is 144 cm³/mol. The quantitative estimate of drug-likeness (QED) is 0.205. The van der Waals surface area contributed by atoms with E-state index < -0.39 is 0 Å². The fraction of sp³-hybridized carbons (Fsp3) is 0.400. The lowest BCUT2D eigenvalue weighted by atomic mass is 10.3. The average molecular weight is 603 g/mol. The summed E-state index contributed by atoms with van der Waals surface area (Å²) in [6.45, 7) is 4.07. The summed E-state index contributed by atoms with van der Waals surface area (Å²) in [6.07, 6.45) is 0.108. The number of thioether (sulfide) groups is 2. The van der Waals surface area contributed by atoms with Crippen LogP contribution in [0.2, 0.25) is 0 Å². The maximum Gasteiger partial charge on any atom is 0.311 e. The van der Waals surface area contributed by atoms with E-state index in [1.54, 1.807) is 24.6 Å². The van der Waals surface area contributed by atoms with Crippen molar-refractivity contribution in [3.63, 3.8) is 0 Å². The molecule has 0 saturated carbocycles. The van der Waals surface area contributed by atoms with E-state index in [1.165, 1.54) is 57.5 Å². The molecular weight excluding hydrogens is 581 g/mol. The second-order valence-corrected chi connectivity index (χ2v) is 11.9. The van der Waals surface area contributed by atoms with Gasteiger partial charge in [-0.2, -0.15) is 0 Å². The van der Waals surface area contributed by atoms with Crippen molar-refractivity contribution < 1.29 is 28.7 Å². The Morgan fingerprint density at radius 1 is 0.784 bits per heavy atom. The van der Waals surface area contributed by atoms with E-state index in [0.717, 1.165) is 0 Å². The lowest BCUT2D eigenvalue weighted by Crippen LogP contribution is -2.14. The number of carbonyl (C=O) groups excluding carboxylic acids is 4. The molecule has 0 radical (unpaired) electrons. The number of thiazole rings is 2. The second-order valence-electron chi connectivity index (χ2n) is 6.76. The number of ether oxygens (including phenoxy) is 2. The number of carbonyl (C=O) groups is 4. The third-order valence-corrected chi connectivity index (χ3v) is 8.70. The van der Waals surface area contributed by atoms with E-state index in [9.17, 15) is 19.2 Å². The molecule has 0 saturated heterocycles. The van der Waals surface area contributed by atoms with Gasteiger partial charge in [0.25, 0.3) is 0 Å². The number of hydrogen-bond acceptors (Lipinski definition) is 15. The monoisotopic (exact) mass is 602 g/mol. The molecule has 0 unspecified atom stereocenters. The number of hydrogen-bond donors (Lipinski definition) is 2. The van der Waals surface area contributed by atoms with Crippen molar-refractivity contribution in [3.8, 4) is 0 Å². The number of nitrogens with zero attached hydrogens (tertiary/aromatic N) is 4. The highest BCUT2D eigenvalue weighted by atomic mass is 32.2. The van der Waals surface area contributed by atoms with E-state index in [2.05, 4.69) is 30.8 Å². The second kappa shape index (κ2) is 15.0. The van der Waals surface area contributed by atoms with Crippen molar-refractivity contribution in [1.29, 1.82) is 0 Å². The zero-order valence-corrected chi connectivity index (χ0v) is 23.8. The summed E-state index contributed by atoms with van der Waals surface area (Å²) in [4.78, 5) is 55.9. The molecule has 3 heterocycles. The maximum atomic E-state index is 12.2. The maximum absolute atomic E-state index is 12.2. The summed E-state index contributed by atoms with van der Waals surface area (Å²) in [5.74, 6) is -1.07. The third-order valence-electron chi connectivity index (χ3n) is 3.90. The Kier molecular flexibility index (Phi) is 11.7. The summed E-state index contributed by atoms with van der Waals surface area (Å²) in [5, 5.41) is 17.6. The first-order valence-electron chi connectivity index (χ1n) is 10.7. The number of anilines is 2. The number of rotatable bonds is 14. The molecule has 2 N–H and O–H groups in total. The molecule has 37 heavy (non-hydrogen) atoms. The Labute approximate surface area is 232 Å². The van der Waals surface area contributed by atoms with Crippen LogP contribution in [0.1, 0.15) is 25.2 Å². The van der Waals surface area contributed by atoms with Gasteiger partial charge in [-0.05, 0) is 13.8 Å². The van der Waals surface area contributed by atoms with Gasteiger partial charge in [0, 0.05) is 10.8 Å². The minimum atomic E-state index is -0.369. The van der Waals surface area contributed by atoms with Crippen LogP contribution in [0.3, 0.4) is 0 Å². The van der Waals surface area contributed by atoms with Crippen molar-refractivity contribution >= 4 is 91.6 Å². The normalized spacial score (nSPS) is 10.6. The molecule has 12 nitrogen and oxygen atoms in total. The van der Waals surface area contributed by atoms with Gasteiger partial charge in [-0.1, -0.05) is 34.9 Å².